The summed E-state index contributed by atoms with van der Waals surface area (Å²) < 4.78 is 8.00. The van der Waals surface area contributed by atoms with E-state index in [1.54, 1.807) is 23.8 Å². The van der Waals surface area contributed by atoms with Crippen molar-refractivity contribution in [1.29, 1.82) is 0 Å². The normalized spacial score (nSPS) is 11.3. The zero-order chi connectivity index (χ0) is 20.0. The second kappa shape index (κ2) is 6.52. The molecule has 0 radical (unpaired) electrons. The zero-order valence-corrected chi connectivity index (χ0v) is 15.4. The van der Waals surface area contributed by atoms with Crippen molar-refractivity contribution in [1.82, 2.24) is 24.4 Å². The molecular weight excluding hydrogens is 370 g/mol. The van der Waals surface area contributed by atoms with Gasteiger partial charge < -0.3 is 4.74 Å². The fraction of sp³-hybridized carbons (Fsp3) is 0.0952. The first-order chi connectivity index (χ1) is 14.2. The van der Waals surface area contributed by atoms with Crippen molar-refractivity contribution >= 4 is 33.4 Å². The van der Waals surface area contributed by atoms with Crippen molar-refractivity contribution in [3.05, 3.63) is 76.8 Å². The van der Waals surface area contributed by atoms with Crippen molar-refractivity contribution in [2.24, 2.45) is 0 Å². The monoisotopic (exact) mass is 385 g/mol. The van der Waals surface area contributed by atoms with Crippen LogP contribution in [0.15, 0.2) is 65.7 Å². The summed E-state index contributed by atoms with van der Waals surface area (Å²) in [5, 5.41) is 14.4. The molecule has 2 aromatic carbocycles. The molecule has 8 nitrogen and oxygen atoms in total. The smallest absolute Gasteiger partial charge is 0.343 e. The lowest BCUT2D eigenvalue weighted by Gasteiger charge is -2.10. The second-order valence-corrected chi connectivity index (χ2v) is 6.44. The first-order valence-corrected chi connectivity index (χ1v) is 9.10. The summed E-state index contributed by atoms with van der Waals surface area (Å²) in [6.07, 6.45) is 3.05. The highest BCUT2D eigenvalue weighted by molar-refractivity contribution is 5.96. The van der Waals surface area contributed by atoms with Gasteiger partial charge in [0.2, 0.25) is 0 Å². The molecule has 0 unspecified atom stereocenters. The minimum Gasteiger partial charge on any atom is -0.462 e. The maximum atomic E-state index is 13.2. The fourth-order valence-electron chi connectivity index (χ4n) is 3.45. The molecule has 0 saturated carbocycles. The summed E-state index contributed by atoms with van der Waals surface area (Å²) in [6, 6.07) is 15.4. The number of ether oxygens (including phenoxy) is 1. The van der Waals surface area contributed by atoms with E-state index in [0.717, 1.165) is 16.5 Å². The number of benzene rings is 2. The Morgan fingerprint density at radius 1 is 1.07 bits per heavy atom. The summed E-state index contributed by atoms with van der Waals surface area (Å²) in [5.41, 5.74) is 1.52. The average Bonchev–Trinajstić information content (AvgIpc) is 3.19. The fourth-order valence-corrected chi connectivity index (χ4v) is 3.45. The molecule has 0 N–H and O–H groups in total. The van der Waals surface area contributed by atoms with E-state index in [-0.39, 0.29) is 28.9 Å². The molecule has 0 spiro atoms. The quantitative estimate of drug-likeness (QED) is 0.444. The molecule has 29 heavy (non-hydrogen) atoms. The minimum absolute atomic E-state index is 0.159. The third-order valence-corrected chi connectivity index (χ3v) is 4.78. The van der Waals surface area contributed by atoms with E-state index in [1.165, 1.54) is 10.7 Å². The third kappa shape index (κ3) is 2.57. The Hall–Kier alpha value is -4.07. The van der Waals surface area contributed by atoms with Crippen LogP contribution >= 0.6 is 0 Å². The van der Waals surface area contributed by atoms with Gasteiger partial charge in [0.1, 0.15) is 11.1 Å². The van der Waals surface area contributed by atoms with Gasteiger partial charge >= 0.3 is 5.97 Å². The van der Waals surface area contributed by atoms with Gasteiger partial charge in [-0.1, -0.05) is 36.4 Å². The summed E-state index contributed by atoms with van der Waals surface area (Å²) in [6.45, 7) is 1.97. The molecule has 0 amide bonds. The van der Waals surface area contributed by atoms with Crippen molar-refractivity contribution in [2.45, 2.75) is 6.92 Å². The summed E-state index contributed by atoms with van der Waals surface area (Å²) in [7, 11) is 0. The van der Waals surface area contributed by atoms with E-state index < -0.39 is 5.97 Å². The SMILES string of the molecule is CCOC(=O)c1cnn2c1nnc1c(=O)n(-c3cccc4ccccc34)ccc12. The standard InChI is InChI=1S/C21H15N5O3/c1-2-29-21(28)15-12-22-26-17-10-11-25(20(27)18(17)23-24-19(15)26)16-9-5-7-13-6-3-4-8-14(13)16/h3-12H,2H2,1H3. The Balaban J connectivity index is 1.75. The van der Waals surface area contributed by atoms with Crippen LogP contribution in [-0.4, -0.2) is 37.0 Å². The molecular formula is C21H15N5O3. The van der Waals surface area contributed by atoms with Crippen LogP contribution in [0.3, 0.4) is 0 Å². The lowest BCUT2D eigenvalue weighted by atomic mass is 10.1. The summed E-state index contributed by atoms with van der Waals surface area (Å²) in [4.78, 5) is 25.3. The van der Waals surface area contributed by atoms with Gasteiger partial charge in [0.05, 0.1) is 18.5 Å². The van der Waals surface area contributed by atoms with Gasteiger partial charge in [-0.25, -0.2) is 9.31 Å². The lowest BCUT2D eigenvalue weighted by Crippen LogP contribution is -2.20. The van der Waals surface area contributed by atoms with E-state index in [9.17, 15) is 9.59 Å². The highest BCUT2D eigenvalue weighted by Crippen LogP contribution is 2.22. The molecule has 0 aliphatic rings. The van der Waals surface area contributed by atoms with Crippen LogP contribution in [0.25, 0.3) is 33.1 Å². The largest absolute Gasteiger partial charge is 0.462 e. The van der Waals surface area contributed by atoms with Gasteiger partial charge in [0.25, 0.3) is 5.56 Å². The number of hydrogen-bond acceptors (Lipinski definition) is 6. The number of carbonyl (C=O) groups excluding carboxylic acids is 1. The Bertz CT molecular complexity index is 1460. The Kier molecular flexibility index (Phi) is 3.83. The highest BCUT2D eigenvalue weighted by atomic mass is 16.5. The number of hydrogen-bond donors (Lipinski definition) is 0. The van der Waals surface area contributed by atoms with Crippen molar-refractivity contribution in [2.75, 3.05) is 6.61 Å². The number of aromatic nitrogens is 5. The molecule has 3 aromatic heterocycles. The number of rotatable bonds is 3. The molecule has 5 aromatic rings. The molecule has 5 rings (SSSR count). The van der Waals surface area contributed by atoms with Crippen molar-refractivity contribution in [3.63, 3.8) is 0 Å². The van der Waals surface area contributed by atoms with Crippen molar-refractivity contribution < 1.29 is 9.53 Å². The molecule has 0 fully saturated rings. The maximum Gasteiger partial charge on any atom is 0.343 e. The van der Waals surface area contributed by atoms with Gasteiger partial charge in [0.15, 0.2) is 11.2 Å². The molecule has 0 atom stereocenters. The van der Waals surface area contributed by atoms with Crippen molar-refractivity contribution in [3.8, 4) is 5.69 Å². The van der Waals surface area contributed by atoms with Gasteiger partial charge in [0, 0.05) is 11.6 Å². The van der Waals surface area contributed by atoms with Crippen LogP contribution in [0.5, 0.6) is 0 Å². The Morgan fingerprint density at radius 2 is 1.90 bits per heavy atom. The predicted octanol–water partition coefficient (Wildman–Crippen LogP) is 2.76. The first kappa shape index (κ1) is 17.1. The molecule has 0 saturated heterocycles. The lowest BCUT2D eigenvalue weighted by molar-refractivity contribution is 0.0528. The minimum atomic E-state index is -0.528. The van der Waals surface area contributed by atoms with Crippen LogP contribution in [0.4, 0.5) is 0 Å². The number of carbonyl (C=O) groups is 1. The van der Waals surface area contributed by atoms with E-state index >= 15 is 0 Å². The Morgan fingerprint density at radius 3 is 2.76 bits per heavy atom. The maximum absolute atomic E-state index is 13.2. The van der Waals surface area contributed by atoms with E-state index in [0.29, 0.717) is 5.52 Å². The van der Waals surface area contributed by atoms with E-state index in [1.807, 2.05) is 42.5 Å². The van der Waals surface area contributed by atoms with Gasteiger partial charge in [-0.05, 0) is 24.4 Å². The summed E-state index contributed by atoms with van der Waals surface area (Å²) in [5.74, 6) is -0.528. The number of nitrogens with zero attached hydrogens (tertiary/aromatic N) is 5. The van der Waals surface area contributed by atoms with Crippen LogP contribution in [-0.2, 0) is 4.74 Å². The molecule has 0 aliphatic carbocycles. The topological polar surface area (TPSA) is 91.4 Å². The molecule has 0 aliphatic heterocycles. The molecule has 142 valence electrons. The predicted molar refractivity (Wildman–Crippen MR) is 107 cm³/mol. The average molecular weight is 385 g/mol. The van der Waals surface area contributed by atoms with Crippen LogP contribution in [0.2, 0.25) is 0 Å². The van der Waals surface area contributed by atoms with Gasteiger partial charge in [-0.2, -0.15) is 5.10 Å². The summed E-state index contributed by atoms with van der Waals surface area (Å²) >= 11 is 0. The van der Waals surface area contributed by atoms with Crippen LogP contribution in [0, 0.1) is 0 Å². The number of esters is 1. The van der Waals surface area contributed by atoms with Crippen LogP contribution in [0.1, 0.15) is 17.3 Å². The first-order valence-electron chi connectivity index (χ1n) is 9.10. The van der Waals surface area contributed by atoms with Gasteiger partial charge in [-0.3, -0.25) is 9.36 Å². The zero-order valence-electron chi connectivity index (χ0n) is 15.4. The van der Waals surface area contributed by atoms with Crippen LogP contribution < -0.4 is 5.56 Å². The van der Waals surface area contributed by atoms with E-state index in [2.05, 4.69) is 15.3 Å². The third-order valence-electron chi connectivity index (χ3n) is 4.78. The Labute approximate surface area is 164 Å². The number of pyridine rings is 1. The van der Waals surface area contributed by atoms with Gasteiger partial charge in [-0.15, -0.1) is 10.2 Å². The number of fused-ring (bicyclic) bond motifs is 4. The molecule has 3 heterocycles. The highest BCUT2D eigenvalue weighted by Gasteiger charge is 2.19. The van der Waals surface area contributed by atoms with E-state index in [4.69, 9.17) is 4.74 Å². The molecule has 0 bridgehead atoms. The second-order valence-electron chi connectivity index (χ2n) is 6.44. The molecule has 8 heteroatoms.